The van der Waals surface area contributed by atoms with Gasteiger partial charge in [-0.2, -0.15) is 0 Å². The first-order valence-corrected chi connectivity index (χ1v) is 13.3. The van der Waals surface area contributed by atoms with Crippen molar-refractivity contribution in [3.8, 4) is 39.2 Å². The minimum atomic E-state index is -1.14. The first-order chi connectivity index (χ1) is 19.4. The number of benzene rings is 3. The maximum absolute atomic E-state index is 12.9. The van der Waals surface area contributed by atoms with Gasteiger partial charge in [0.25, 0.3) is 0 Å². The van der Waals surface area contributed by atoms with E-state index in [1.54, 1.807) is 31.6 Å². The molecule has 208 valence electrons. The molecule has 0 amide bonds. The molecule has 0 aliphatic rings. The van der Waals surface area contributed by atoms with Crippen LogP contribution in [0.15, 0.2) is 66.7 Å². The van der Waals surface area contributed by atoms with Crippen LogP contribution in [0.5, 0.6) is 28.7 Å². The van der Waals surface area contributed by atoms with Gasteiger partial charge in [-0.3, -0.25) is 4.79 Å². The van der Waals surface area contributed by atoms with Crippen LogP contribution in [-0.4, -0.2) is 51.9 Å². The Bertz CT molecular complexity index is 1490. The molecule has 1 heterocycles. The lowest BCUT2D eigenvalue weighted by Gasteiger charge is -2.14. The van der Waals surface area contributed by atoms with Crippen LogP contribution in [0.25, 0.3) is 20.5 Å². The predicted molar refractivity (Wildman–Crippen MR) is 155 cm³/mol. The van der Waals surface area contributed by atoms with Crippen LogP contribution in [0.3, 0.4) is 0 Å². The van der Waals surface area contributed by atoms with Crippen molar-refractivity contribution in [2.24, 2.45) is 0 Å². The average Bonchev–Trinajstić information content (AvgIpc) is 3.41. The highest BCUT2D eigenvalue weighted by Crippen LogP contribution is 2.42. The van der Waals surface area contributed by atoms with E-state index in [1.807, 2.05) is 18.2 Å². The highest BCUT2D eigenvalue weighted by molar-refractivity contribution is 7.22. The van der Waals surface area contributed by atoms with Gasteiger partial charge in [-0.1, -0.05) is 24.3 Å². The maximum Gasteiger partial charge on any atom is 0.341 e. The number of aliphatic carboxylic acids is 1. The van der Waals surface area contributed by atoms with Crippen LogP contribution >= 0.6 is 11.3 Å². The lowest BCUT2D eigenvalue weighted by Crippen LogP contribution is -2.11. The maximum atomic E-state index is 12.9. The highest BCUT2D eigenvalue weighted by Gasteiger charge is 2.18. The zero-order valence-corrected chi connectivity index (χ0v) is 23.5. The fourth-order valence-corrected chi connectivity index (χ4v) is 5.37. The van der Waals surface area contributed by atoms with E-state index in [9.17, 15) is 9.59 Å². The zero-order chi connectivity index (χ0) is 28.6. The van der Waals surface area contributed by atoms with Crippen LogP contribution in [0, 0.1) is 0 Å². The van der Waals surface area contributed by atoms with Gasteiger partial charge < -0.3 is 28.8 Å². The summed E-state index contributed by atoms with van der Waals surface area (Å²) < 4.78 is 28.4. The number of rotatable bonds is 13. The summed E-state index contributed by atoms with van der Waals surface area (Å²) in [5.41, 5.74) is 2.31. The Balaban J connectivity index is 1.53. The molecule has 0 spiro atoms. The van der Waals surface area contributed by atoms with Crippen LogP contribution in [0.1, 0.15) is 22.3 Å². The van der Waals surface area contributed by atoms with Gasteiger partial charge in [0.05, 0.1) is 28.4 Å². The number of carbonyl (C=O) groups excluding carboxylic acids is 1. The first kappa shape index (κ1) is 28.5. The lowest BCUT2D eigenvalue weighted by atomic mass is 10.0. The highest BCUT2D eigenvalue weighted by atomic mass is 32.1. The Morgan fingerprint density at radius 1 is 0.850 bits per heavy atom. The summed E-state index contributed by atoms with van der Waals surface area (Å²) in [6.45, 7) is -0.570. The van der Waals surface area contributed by atoms with Gasteiger partial charge in [0.15, 0.2) is 23.9 Å². The van der Waals surface area contributed by atoms with E-state index >= 15 is 0 Å². The molecular formula is C31H30O8S. The van der Waals surface area contributed by atoms with Gasteiger partial charge in [0.2, 0.25) is 5.75 Å². The van der Waals surface area contributed by atoms with E-state index in [4.69, 9.17) is 28.8 Å². The topological polar surface area (TPSA) is 101 Å². The third-order valence-electron chi connectivity index (χ3n) is 6.23. The fourth-order valence-electron chi connectivity index (χ4n) is 4.29. The summed E-state index contributed by atoms with van der Waals surface area (Å²) in [7, 11) is 6.08. The van der Waals surface area contributed by atoms with E-state index in [2.05, 4.69) is 24.3 Å². The Labute approximate surface area is 236 Å². The van der Waals surface area contributed by atoms with Gasteiger partial charge in [0.1, 0.15) is 11.5 Å². The molecule has 0 saturated carbocycles. The number of carboxylic acids is 1. The summed E-state index contributed by atoms with van der Waals surface area (Å²) >= 11 is 1.71. The van der Waals surface area contributed by atoms with Crippen LogP contribution in [-0.2, 0) is 11.2 Å². The third kappa shape index (κ3) is 6.38. The smallest absolute Gasteiger partial charge is 0.341 e. The second-order valence-electron chi connectivity index (χ2n) is 8.71. The van der Waals surface area contributed by atoms with Crippen molar-refractivity contribution in [1.82, 2.24) is 0 Å². The number of aryl methyl sites for hydroxylation is 1. The minimum Gasteiger partial charge on any atom is -0.496 e. The number of ketones is 1. The standard InChI is InChI=1S/C31H30O8S/c1-35-24-17-25(36-2)22(29-16-20-10-6-8-12-28(20)40-29)13-19(24)9-5-7-11-23(32)21-14-26(37-3)31(27(15-21)38-4)39-18-30(33)34/h6-8,10-17H,5,9,18H2,1-4H3,(H,33,34)/b11-7+. The van der Waals surface area contributed by atoms with Gasteiger partial charge in [-0.25, -0.2) is 4.79 Å². The number of carboxylic acid groups (broad SMARTS) is 1. The van der Waals surface area contributed by atoms with Crippen molar-refractivity contribution in [2.75, 3.05) is 35.0 Å². The minimum absolute atomic E-state index is 0.119. The Morgan fingerprint density at radius 3 is 2.15 bits per heavy atom. The van der Waals surface area contributed by atoms with Gasteiger partial charge in [-0.05, 0) is 60.2 Å². The second-order valence-corrected chi connectivity index (χ2v) is 9.79. The second kappa shape index (κ2) is 13.0. The molecule has 0 atom stereocenters. The van der Waals surface area contributed by atoms with Crippen molar-refractivity contribution >= 4 is 33.2 Å². The quantitative estimate of drug-likeness (QED) is 0.147. The molecule has 0 aliphatic heterocycles. The van der Waals surface area contributed by atoms with Gasteiger partial charge in [-0.15, -0.1) is 11.3 Å². The summed E-state index contributed by atoms with van der Waals surface area (Å²) in [5.74, 6) is 0.576. The molecule has 8 nitrogen and oxygen atoms in total. The normalized spacial score (nSPS) is 11.0. The number of methoxy groups -OCH3 is 4. The van der Waals surface area contributed by atoms with Crippen molar-refractivity contribution in [3.05, 3.63) is 77.9 Å². The molecular weight excluding hydrogens is 532 g/mol. The molecule has 9 heteroatoms. The Hall–Kier alpha value is -4.50. The molecule has 1 N–H and O–H groups in total. The Morgan fingerprint density at radius 2 is 1.52 bits per heavy atom. The van der Waals surface area contributed by atoms with Crippen LogP contribution in [0.4, 0.5) is 0 Å². The number of hydrogen-bond acceptors (Lipinski definition) is 8. The molecule has 0 fully saturated rings. The van der Waals surface area contributed by atoms with E-state index in [1.165, 1.54) is 42.5 Å². The van der Waals surface area contributed by atoms with E-state index < -0.39 is 12.6 Å². The Kier molecular flexibility index (Phi) is 9.29. The summed E-state index contributed by atoms with van der Waals surface area (Å²) in [6.07, 6.45) is 4.53. The average molecular weight is 563 g/mol. The van der Waals surface area contributed by atoms with Crippen molar-refractivity contribution in [2.45, 2.75) is 12.8 Å². The molecule has 0 unspecified atom stereocenters. The lowest BCUT2D eigenvalue weighted by molar-refractivity contribution is -0.139. The number of ether oxygens (including phenoxy) is 5. The number of carbonyl (C=O) groups is 2. The fraction of sp³-hybridized carbons (Fsp3) is 0.226. The van der Waals surface area contributed by atoms with Crippen molar-refractivity contribution < 1.29 is 38.4 Å². The molecule has 40 heavy (non-hydrogen) atoms. The SMILES string of the molecule is COc1cc(OC)c(-c2cc3ccccc3s2)cc1CC/C=C/C(=O)c1cc(OC)c(OCC(=O)O)c(OC)c1. The van der Waals surface area contributed by atoms with E-state index in [-0.39, 0.29) is 23.0 Å². The molecule has 0 bridgehead atoms. The molecule has 4 rings (SSSR count). The van der Waals surface area contributed by atoms with Crippen molar-refractivity contribution in [3.63, 3.8) is 0 Å². The first-order valence-electron chi connectivity index (χ1n) is 12.4. The van der Waals surface area contributed by atoms with Gasteiger partial charge in [0, 0.05) is 26.8 Å². The largest absolute Gasteiger partial charge is 0.496 e. The molecule has 1 aromatic heterocycles. The van der Waals surface area contributed by atoms with E-state index in [0.29, 0.717) is 24.2 Å². The monoisotopic (exact) mass is 562 g/mol. The summed E-state index contributed by atoms with van der Waals surface area (Å²) in [5, 5.41) is 10.1. The van der Waals surface area contributed by atoms with Crippen molar-refractivity contribution in [1.29, 1.82) is 0 Å². The number of thiophene rings is 1. The molecule has 0 saturated heterocycles. The molecule has 3 aromatic carbocycles. The number of hydrogen-bond donors (Lipinski definition) is 1. The molecule has 0 aliphatic carbocycles. The number of fused-ring (bicyclic) bond motifs is 1. The predicted octanol–water partition coefficient (Wildman–Crippen LogP) is 6.44. The zero-order valence-electron chi connectivity index (χ0n) is 22.7. The van der Waals surface area contributed by atoms with Crippen LogP contribution in [0.2, 0.25) is 0 Å². The summed E-state index contributed by atoms with van der Waals surface area (Å²) in [4.78, 5) is 24.9. The molecule has 4 aromatic rings. The third-order valence-corrected chi connectivity index (χ3v) is 7.38. The van der Waals surface area contributed by atoms with Gasteiger partial charge >= 0.3 is 5.97 Å². The van der Waals surface area contributed by atoms with E-state index in [0.717, 1.165) is 21.8 Å². The van der Waals surface area contributed by atoms with Crippen LogP contribution < -0.4 is 23.7 Å². The number of allylic oxidation sites excluding steroid dienone is 2. The molecule has 0 radical (unpaired) electrons. The summed E-state index contributed by atoms with van der Waals surface area (Å²) in [6, 6.07) is 17.4.